The zero-order chi connectivity index (χ0) is 15.7. The van der Waals surface area contributed by atoms with Crippen LogP contribution in [-0.2, 0) is 15.7 Å². The number of cyclic esters (lactones) is 1. The van der Waals surface area contributed by atoms with E-state index in [0.29, 0.717) is 5.56 Å². The standard InChI is InChI=1S/C17H13F3O2/c18-17(19,20)13-8-6-12(7-9-13)16-14(10-15(21)22-16)11-4-2-1-3-5-11/h1-9,14,16H,10H2. The molecule has 1 saturated heterocycles. The van der Waals surface area contributed by atoms with Crippen molar-refractivity contribution in [3.05, 3.63) is 71.3 Å². The summed E-state index contributed by atoms with van der Waals surface area (Å²) in [5, 5.41) is 0. The molecule has 3 rings (SSSR count). The van der Waals surface area contributed by atoms with Gasteiger partial charge in [0.2, 0.25) is 0 Å². The van der Waals surface area contributed by atoms with Gasteiger partial charge in [0.25, 0.3) is 0 Å². The third kappa shape index (κ3) is 2.84. The Morgan fingerprint density at radius 3 is 2.14 bits per heavy atom. The van der Waals surface area contributed by atoms with E-state index < -0.39 is 17.8 Å². The summed E-state index contributed by atoms with van der Waals surface area (Å²) in [5.74, 6) is -0.510. The average Bonchev–Trinajstić information content (AvgIpc) is 2.89. The molecule has 1 aliphatic rings. The van der Waals surface area contributed by atoms with E-state index in [1.54, 1.807) is 0 Å². The van der Waals surface area contributed by atoms with Gasteiger partial charge in [-0.25, -0.2) is 0 Å². The first kappa shape index (κ1) is 14.6. The van der Waals surface area contributed by atoms with Crippen LogP contribution in [0.15, 0.2) is 54.6 Å². The topological polar surface area (TPSA) is 26.3 Å². The highest BCUT2D eigenvalue weighted by Crippen LogP contribution is 2.42. The fourth-order valence-corrected chi connectivity index (χ4v) is 2.71. The Labute approximate surface area is 125 Å². The molecule has 0 spiro atoms. The van der Waals surface area contributed by atoms with Crippen molar-refractivity contribution in [2.45, 2.75) is 24.6 Å². The van der Waals surface area contributed by atoms with Crippen molar-refractivity contribution < 1.29 is 22.7 Å². The second-order valence-corrected chi connectivity index (χ2v) is 5.25. The van der Waals surface area contributed by atoms with Crippen molar-refractivity contribution in [1.82, 2.24) is 0 Å². The molecule has 2 aromatic rings. The number of carbonyl (C=O) groups is 1. The van der Waals surface area contributed by atoms with Gasteiger partial charge >= 0.3 is 12.1 Å². The van der Waals surface area contributed by atoms with Gasteiger partial charge in [0.05, 0.1) is 12.0 Å². The summed E-state index contributed by atoms with van der Waals surface area (Å²) in [7, 11) is 0. The summed E-state index contributed by atoms with van der Waals surface area (Å²) >= 11 is 0. The SMILES string of the molecule is O=C1CC(c2ccccc2)C(c2ccc(C(F)(F)F)cc2)O1. The Hall–Kier alpha value is -2.30. The molecule has 0 radical (unpaired) electrons. The van der Waals surface area contributed by atoms with Crippen molar-refractivity contribution in [1.29, 1.82) is 0 Å². The van der Waals surface area contributed by atoms with Crippen molar-refractivity contribution in [3.63, 3.8) is 0 Å². The van der Waals surface area contributed by atoms with Crippen LogP contribution in [0.3, 0.4) is 0 Å². The minimum Gasteiger partial charge on any atom is -0.457 e. The molecule has 1 aliphatic heterocycles. The van der Waals surface area contributed by atoms with Gasteiger partial charge in [0.15, 0.2) is 0 Å². The summed E-state index contributed by atoms with van der Waals surface area (Å²) in [6.45, 7) is 0. The number of halogens is 3. The lowest BCUT2D eigenvalue weighted by Crippen LogP contribution is -2.08. The molecule has 22 heavy (non-hydrogen) atoms. The van der Waals surface area contributed by atoms with Crippen LogP contribution in [-0.4, -0.2) is 5.97 Å². The van der Waals surface area contributed by atoms with Gasteiger partial charge in [-0.3, -0.25) is 4.79 Å². The highest BCUT2D eigenvalue weighted by Gasteiger charge is 2.37. The van der Waals surface area contributed by atoms with Crippen LogP contribution in [0.1, 0.15) is 35.1 Å². The largest absolute Gasteiger partial charge is 0.457 e. The molecular formula is C17H13F3O2. The van der Waals surface area contributed by atoms with Gasteiger partial charge in [-0.15, -0.1) is 0 Å². The number of carbonyl (C=O) groups excluding carboxylic acids is 1. The molecule has 0 aromatic heterocycles. The fourth-order valence-electron chi connectivity index (χ4n) is 2.71. The first-order valence-electron chi connectivity index (χ1n) is 6.87. The molecule has 2 atom stereocenters. The highest BCUT2D eigenvalue weighted by atomic mass is 19.4. The molecule has 0 saturated carbocycles. The van der Waals surface area contributed by atoms with Crippen LogP contribution in [0.2, 0.25) is 0 Å². The van der Waals surface area contributed by atoms with Crippen molar-refractivity contribution in [3.8, 4) is 0 Å². The molecule has 1 fully saturated rings. The van der Waals surface area contributed by atoms with Gasteiger partial charge in [0.1, 0.15) is 6.10 Å². The first-order chi connectivity index (χ1) is 10.4. The maximum Gasteiger partial charge on any atom is 0.416 e. The Balaban J connectivity index is 1.91. The summed E-state index contributed by atoms with van der Waals surface area (Å²) < 4.78 is 43.2. The molecule has 0 aliphatic carbocycles. The molecule has 2 unspecified atom stereocenters. The van der Waals surface area contributed by atoms with Crippen LogP contribution in [0.25, 0.3) is 0 Å². The van der Waals surface area contributed by atoms with Gasteiger partial charge in [0, 0.05) is 5.92 Å². The van der Waals surface area contributed by atoms with E-state index in [1.807, 2.05) is 30.3 Å². The number of rotatable bonds is 2. The lowest BCUT2D eigenvalue weighted by atomic mass is 9.88. The number of ether oxygens (including phenoxy) is 1. The highest BCUT2D eigenvalue weighted by molar-refractivity contribution is 5.74. The third-order valence-electron chi connectivity index (χ3n) is 3.80. The minimum atomic E-state index is -4.37. The molecule has 5 heteroatoms. The second-order valence-electron chi connectivity index (χ2n) is 5.25. The maximum atomic E-state index is 12.6. The van der Waals surface area contributed by atoms with Crippen LogP contribution >= 0.6 is 0 Å². The summed E-state index contributed by atoms with van der Waals surface area (Å²) in [6, 6.07) is 14.2. The van der Waals surface area contributed by atoms with Crippen LogP contribution < -0.4 is 0 Å². The van der Waals surface area contributed by atoms with Crippen LogP contribution in [0.5, 0.6) is 0 Å². The van der Waals surface area contributed by atoms with E-state index >= 15 is 0 Å². The minimum absolute atomic E-state index is 0.176. The molecular weight excluding hydrogens is 293 g/mol. The molecule has 2 aromatic carbocycles. The van der Waals surface area contributed by atoms with Crippen molar-refractivity contribution in [2.24, 2.45) is 0 Å². The monoisotopic (exact) mass is 306 g/mol. The van der Waals surface area contributed by atoms with E-state index in [1.165, 1.54) is 12.1 Å². The second kappa shape index (κ2) is 5.48. The Morgan fingerprint density at radius 1 is 0.909 bits per heavy atom. The number of benzene rings is 2. The van der Waals surface area contributed by atoms with Crippen molar-refractivity contribution >= 4 is 5.97 Å². The Bertz CT molecular complexity index is 663. The molecule has 114 valence electrons. The number of hydrogen-bond donors (Lipinski definition) is 0. The molecule has 0 bridgehead atoms. The van der Waals surface area contributed by atoms with E-state index in [-0.39, 0.29) is 18.3 Å². The average molecular weight is 306 g/mol. The molecule has 0 amide bonds. The number of esters is 1. The smallest absolute Gasteiger partial charge is 0.416 e. The normalized spacial score (nSPS) is 21.7. The molecule has 0 N–H and O–H groups in total. The zero-order valence-corrected chi connectivity index (χ0v) is 11.5. The van der Waals surface area contributed by atoms with E-state index in [9.17, 15) is 18.0 Å². The van der Waals surface area contributed by atoms with Gasteiger partial charge in [-0.05, 0) is 23.3 Å². The van der Waals surface area contributed by atoms with E-state index in [2.05, 4.69) is 0 Å². The lowest BCUT2D eigenvalue weighted by Gasteiger charge is -2.19. The van der Waals surface area contributed by atoms with Crippen molar-refractivity contribution in [2.75, 3.05) is 0 Å². The van der Waals surface area contributed by atoms with Gasteiger partial charge in [-0.1, -0.05) is 42.5 Å². The van der Waals surface area contributed by atoms with Gasteiger partial charge in [-0.2, -0.15) is 13.2 Å². The van der Waals surface area contributed by atoms with Crippen LogP contribution in [0, 0.1) is 0 Å². The van der Waals surface area contributed by atoms with E-state index in [0.717, 1.165) is 17.7 Å². The third-order valence-corrected chi connectivity index (χ3v) is 3.80. The zero-order valence-electron chi connectivity index (χ0n) is 11.5. The summed E-state index contributed by atoms with van der Waals surface area (Å²) in [5.41, 5.74) is 0.808. The van der Waals surface area contributed by atoms with Gasteiger partial charge < -0.3 is 4.74 Å². The first-order valence-corrected chi connectivity index (χ1v) is 6.87. The quantitative estimate of drug-likeness (QED) is 0.765. The van der Waals surface area contributed by atoms with E-state index in [4.69, 9.17) is 4.74 Å². The lowest BCUT2D eigenvalue weighted by molar-refractivity contribution is -0.142. The summed E-state index contributed by atoms with van der Waals surface area (Å²) in [6.07, 6.45) is -4.68. The molecule has 1 heterocycles. The Kier molecular flexibility index (Phi) is 3.64. The Morgan fingerprint density at radius 2 is 1.55 bits per heavy atom. The molecule has 2 nitrogen and oxygen atoms in total. The maximum absolute atomic E-state index is 12.6. The van der Waals surface area contributed by atoms with Crippen LogP contribution in [0.4, 0.5) is 13.2 Å². The summed E-state index contributed by atoms with van der Waals surface area (Å²) in [4.78, 5) is 11.6. The number of alkyl halides is 3. The fraction of sp³-hybridized carbons (Fsp3) is 0.235. The number of hydrogen-bond acceptors (Lipinski definition) is 2. The predicted molar refractivity (Wildman–Crippen MR) is 74.1 cm³/mol. The predicted octanol–water partition coefficient (Wildman–Crippen LogP) is 4.48.